The molecule has 0 aromatic heterocycles. The SMILES string of the molecule is O=C(C[C@H]1C[C@H]2CC[C@H]1C2)Nc1cccc(CN2C(=O)CNC2=O)c1. The van der Waals surface area contributed by atoms with E-state index in [0.29, 0.717) is 12.3 Å². The van der Waals surface area contributed by atoms with Crippen LogP contribution < -0.4 is 10.6 Å². The Morgan fingerprint density at radius 2 is 2.12 bits per heavy atom. The van der Waals surface area contributed by atoms with Crippen molar-refractivity contribution < 1.29 is 14.4 Å². The summed E-state index contributed by atoms with van der Waals surface area (Å²) >= 11 is 0. The number of benzene rings is 1. The number of imide groups is 1. The van der Waals surface area contributed by atoms with Crippen molar-refractivity contribution in [2.24, 2.45) is 17.8 Å². The van der Waals surface area contributed by atoms with Gasteiger partial charge in [-0.3, -0.25) is 14.5 Å². The molecular formula is C19H23N3O3. The number of amides is 4. The molecule has 3 atom stereocenters. The molecule has 1 aromatic carbocycles. The van der Waals surface area contributed by atoms with E-state index in [4.69, 9.17) is 0 Å². The summed E-state index contributed by atoms with van der Waals surface area (Å²) in [5, 5.41) is 5.48. The Kier molecular flexibility index (Phi) is 4.19. The molecule has 132 valence electrons. The van der Waals surface area contributed by atoms with Crippen LogP contribution in [0.15, 0.2) is 24.3 Å². The number of nitrogens with one attached hydrogen (secondary N) is 2. The molecule has 4 amide bonds. The fourth-order valence-electron chi connectivity index (χ4n) is 4.62. The van der Waals surface area contributed by atoms with Crippen LogP contribution in [-0.2, 0) is 16.1 Å². The van der Waals surface area contributed by atoms with Gasteiger partial charge in [0.1, 0.15) is 0 Å². The average molecular weight is 341 g/mol. The summed E-state index contributed by atoms with van der Waals surface area (Å²) in [5.41, 5.74) is 1.54. The number of carbonyl (C=O) groups excluding carboxylic acids is 3. The van der Waals surface area contributed by atoms with E-state index in [1.807, 2.05) is 24.3 Å². The molecule has 1 aromatic rings. The predicted octanol–water partition coefficient (Wildman–Crippen LogP) is 2.50. The molecule has 4 rings (SSSR count). The van der Waals surface area contributed by atoms with Gasteiger partial charge in [-0.05, 0) is 54.7 Å². The highest BCUT2D eigenvalue weighted by atomic mass is 16.2. The summed E-state index contributed by atoms with van der Waals surface area (Å²) in [6, 6.07) is 6.99. The number of hydrogen-bond acceptors (Lipinski definition) is 3. The van der Waals surface area contributed by atoms with Gasteiger partial charge in [0.05, 0.1) is 13.1 Å². The van der Waals surface area contributed by atoms with Crippen molar-refractivity contribution in [1.29, 1.82) is 0 Å². The maximum absolute atomic E-state index is 12.4. The third-order valence-electron chi connectivity index (χ3n) is 5.82. The minimum absolute atomic E-state index is 0.0544. The number of anilines is 1. The Morgan fingerprint density at radius 1 is 1.24 bits per heavy atom. The van der Waals surface area contributed by atoms with Crippen molar-refractivity contribution in [3.05, 3.63) is 29.8 Å². The van der Waals surface area contributed by atoms with Gasteiger partial charge >= 0.3 is 6.03 Å². The van der Waals surface area contributed by atoms with Crippen LogP contribution in [0.1, 0.15) is 37.7 Å². The highest BCUT2D eigenvalue weighted by molar-refractivity contribution is 6.01. The summed E-state index contributed by atoms with van der Waals surface area (Å²) in [5.74, 6) is 1.95. The van der Waals surface area contributed by atoms with Gasteiger partial charge in [0.2, 0.25) is 11.8 Å². The largest absolute Gasteiger partial charge is 0.329 e. The van der Waals surface area contributed by atoms with E-state index in [0.717, 1.165) is 23.1 Å². The van der Waals surface area contributed by atoms with E-state index in [1.54, 1.807) is 0 Å². The van der Waals surface area contributed by atoms with Crippen molar-refractivity contribution in [3.63, 3.8) is 0 Å². The molecule has 3 aliphatic rings. The van der Waals surface area contributed by atoms with Gasteiger partial charge in [0.15, 0.2) is 0 Å². The zero-order valence-corrected chi connectivity index (χ0v) is 14.2. The lowest BCUT2D eigenvalue weighted by molar-refractivity contribution is -0.125. The molecule has 6 nitrogen and oxygen atoms in total. The van der Waals surface area contributed by atoms with Crippen molar-refractivity contribution in [2.75, 3.05) is 11.9 Å². The highest BCUT2D eigenvalue weighted by Crippen LogP contribution is 2.49. The summed E-state index contributed by atoms with van der Waals surface area (Å²) < 4.78 is 0. The van der Waals surface area contributed by atoms with Crippen LogP contribution >= 0.6 is 0 Å². The van der Waals surface area contributed by atoms with Crippen molar-refractivity contribution in [1.82, 2.24) is 10.2 Å². The fraction of sp³-hybridized carbons (Fsp3) is 0.526. The normalized spacial score (nSPS) is 27.7. The van der Waals surface area contributed by atoms with E-state index >= 15 is 0 Å². The molecule has 0 spiro atoms. The first-order chi connectivity index (χ1) is 12.1. The van der Waals surface area contributed by atoms with E-state index in [1.165, 1.54) is 30.6 Å². The monoisotopic (exact) mass is 341 g/mol. The summed E-state index contributed by atoms with van der Waals surface area (Å²) in [7, 11) is 0. The van der Waals surface area contributed by atoms with Gasteiger partial charge in [0, 0.05) is 12.1 Å². The maximum Gasteiger partial charge on any atom is 0.324 e. The van der Waals surface area contributed by atoms with Crippen LogP contribution in [0.3, 0.4) is 0 Å². The quantitative estimate of drug-likeness (QED) is 0.808. The van der Waals surface area contributed by atoms with Crippen LogP contribution in [0.2, 0.25) is 0 Å². The van der Waals surface area contributed by atoms with Crippen LogP contribution in [0.5, 0.6) is 0 Å². The molecule has 2 bridgehead atoms. The molecule has 6 heteroatoms. The standard InChI is InChI=1S/C19H23N3O3/c23-17(9-15-7-12-4-5-14(15)6-12)21-16-3-1-2-13(8-16)11-22-18(24)10-20-19(22)25/h1-3,8,12,14-15H,4-7,9-11H2,(H,20,25)(H,21,23)/t12-,14-,15+/m0/s1. The summed E-state index contributed by atoms with van der Waals surface area (Å²) in [6.45, 7) is 0.277. The Labute approximate surface area is 147 Å². The van der Waals surface area contributed by atoms with Gasteiger partial charge < -0.3 is 10.6 Å². The Bertz CT molecular complexity index is 702. The number of carbonyl (C=O) groups is 3. The van der Waals surface area contributed by atoms with E-state index < -0.39 is 0 Å². The van der Waals surface area contributed by atoms with Gasteiger partial charge in [-0.15, -0.1) is 0 Å². The van der Waals surface area contributed by atoms with E-state index in [9.17, 15) is 14.4 Å². The zero-order valence-electron chi connectivity index (χ0n) is 14.2. The maximum atomic E-state index is 12.4. The molecule has 1 saturated heterocycles. The third-order valence-corrected chi connectivity index (χ3v) is 5.82. The fourth-order valence-corrected chi connectivity index (χ4v) is 4.62. The summed E-state index contributed by atoms with van der Waals surface area (Å²) in [4.78, 5) is 36.9. The molecule has 2 N–H and O–H groups in total. The smallest absolute Gasteiger partial charge is 0.324 e. The highest BCUT2D eigenvalue weighted by Gasteiger charge is 2.40. The van der Waals surface area contributed by atoms with Gasteiger partial charge in [-0.1, -0.05) is 18.6 Å². The summed E-state index contributed by atoms with van der Waals surface area (Å²) in [6.07, 6.45) is 5.72. The van der Waals surface area contributed by atoms with Gasteiger partial charge in [-0.25, -0.2) is 4.79 Å². The second kappa shape index (κ2) is 6.50. The lowest BCUT2D eigenvalue weighted by atomic mass is 9.86. The first-order valence-electron chi connectivity index (χ1n) is 9.05. The van der Waals surface area contributed by atoms with Crippen molar-refractivity contribution >= 4 is 23.5 Å². The number of nitrogens with zero attached hydrogens (tertiary/aromatic N) is 1. The molecule has 0 radical (unpaired) electrons. The lowest BCUT2D eigenvalue weighted by Crippen LogP contribution is -2.30. The van der Waals surface area contributed by atoms with Crippen molar-refractivity contribution in [2.45, 2.75) is 38.6 Å². The first-order valence-corrected chi connectivity index (χ1v) is 9.05. The molecule has 2 saturated carbocycles. The molecule has 0 unspecified atom stereocenters. The molecule has 3 fully saturated rings. The molecule has 25 heavy (non-hydrogen) atoms. The number of fused-ring (bicyclic) bond motifs is 2. The average Bonchev–Trinajstić information content (AvgIpc) is 3.27. The predicted molar refractivity (Wildman–Crippen MR) is 92.6 cm³/mol. The van der Waals surface area contributed by atoms with Gasteiger partial charge in [-0.2, -0.15) is 0 Å². The van der Waals surface area contributed by atoms with Crippen LogP contribution in [0.4, 0.5) is 10.5 Å². The molecule has 1 aliphatic heterocycles. The number of rotatable bonds is 5. The Morgan fingerprint density at radius 3 is 2.80 bits per heavy atom. The number of urea groups is 1. The second-order valence-corrected chi connectivity index (χ2v) is 7.53. The second-order valence-electron chi connectivity index (χ2n) is 7.53. The minimum atomic E-state index is -0.365. The number of hydrogen-bond donors (Lipinski definition) is 2. The van der Waals surface area contributed by atoms with Gasteiger partial charge in [0.25, 0.3) is 0 Å². The van der Waals surface area contributed by atoms with Crippen LogP contribution in [0, 0.1) is 17.8 Å². The lowest BCUT2D eigenvalue weighted by Gasteiger charge is -2.21. The molecular weight excluding hydrogens is 318 g/mol. The minimum Gasteiger partial charge on any atom is -0.329 e. The zero-order chi connectivity index (χ0) is 17.4. The topological polar surface area (TPSA) is 78.5 Å². The van der Waals surface area contributed by atoms with E-state index in [2.05, 4.69) is 10.6 Å². The Hall–Kier alpha value is -2.37. The molecule has 1 heterocycles. The van der Waals surface area contributed by atoms with Crippen LogP contribution in [0.25, 0.3) is 0 Å². The first kappa shape index (κ1) is 16.1. The van der Waals surface area contributed by atoms with Crippen LogP contribution in [-0.4, -0.2) is 29.3 Å². The van der Waals surface area contributed by atoms with E-state index in [-0.39, 0.29) is 30.9 Å². The van der Waals surface area contributed by atoms with Crippen molar-refractivity contribution in [3.8, 4) is 0 Å². The Balaban J connectivity index is 1.35. The third kappa shape index (κ3) is 3.38. The molecule has 2 aliphatic carbocycles.